The fourth-order valence-corrected chi connectivity index (χ4v) is 2.33. The van der Waals surface area contributed by atoms with Gasteiger partial charge in [-0.1, -0.05) is 13.0 Å². The van der Waals surface area contributed by atoms with Crippen molar-refractivity contribution in [2.24, 2.45) is 0 Å². The number of hydrogen-bond donors (Lipinski definition) is 0. The minimum atomic E-state index is -2.92. The van der Waals surface area contributed by atoms with Gasteiger partial charge in [-0.15, -0.1) is 0 Å². The molecule has 0 aliphatic carbocycles. The molecule has 1 aromatic rings. The molecule has 0 aromatic heterocycles. The molecule has 0 unspecified atom stereocenters. The molecular weight excluding hydrogens is 329 g/mol. The van der Waals surface area contributed by atoms with E-state index in [1.807, 2.05) is 29.5 Å². The van der Waals surface area contributed by atoms with Crippen LogP contribution in [0.5, 0.6) is 5.75 Å². The smallest absolute Gasteiger partial charge is 0.387 e. The number of aryl methyl sites for hydroxylation is 1. The summed E-state index contributed by atoms with van der Waals surface area (Å²) >= 11 is 1.92. The molecule has 0 aliphatic heterocycles. The average molecular weight is 340 g/mol. The number of ketones is 1. The highest BCUT2D eigenvalue weighted by Crippen LogP contribution is 2.31. The maximum absolute atomic E-state index is 12.2. The van der Waals surface area contributed by atoms with Gasteiger partial charge in [-0.2, -0.15) is 8.78 Å². The third-order valence-corrected chi connectivity index (χ3v) is 3.33. The second-order valence-electron chi connectivity index (χ2n) is 3.20. The quantitative estimate of drug-likeness (QED) is 0.618. The largest absolute Gasteiger partial charge is 0.433 e. The molecule has 0 N–H and O–H groups in total. The van der Waals surface area contributed by atoms with E-state index < -0.39 is 6.61 Å². The minimum Gasteiger partial charge on any atom is -0.433 e. The van der Waals surface area contributed by atoms with Crippen LogP contribution in [0.1, 0.15) is 29.8 Å². The summed E-state index contributed by atoms with van der Waals surface area (Å²) in [5.74, 6) is -0.293. The molecule has 5 heteroatoms. The van der Waals surface area contributed by atoms with Crippen LogP contribution < -0.4 is 4.74 Å². The second-order valence-corrected chi connectivity index (χ2v) is 4.28. The first-order chi connectivity index (χ1) is 7.47. The second kappa shape index (κ2) is 5.56. The number of ether oxygens (including phenoxy) is 1. The van der Waals surface area contributed by atoms with Gasteiger partial charge in [0.2, 0.25) is 0 Å². The molecule has 1 aromatic carbocycles. The van der Waals surface area contributed by atoms with Crippen molar-refractivity contribution in [1.82, 2.24) is 0 Å². The van der Waals surface area contributed by atoms with E-state index in [9.17, 15) is 13.6 Å². The Labute approximate surface area is 106 Å². The van der Waals surface area contributed by atoms with Crippen molar-refractivity contribution in [3.05, 3.63) is 26.8 Å². The Bertz CT molecular complexity index is 405. The van der Waals surface area contributed by atoms with Crippen LogP contribution in [0.3, 0.4) is 0 Å². The summed E-state index contributed by atoms with van der Waals surface area (Å²) in [6.07, 6.45) is 0.704. The summed E-state index contributed by atoms with van der Waals surface area (Å²) in [6.45, 7) is 0.325. The first-order valence-electron chi connectivity index (χ1n) is 4.74. The van der Waals surface area contributed by atoms with Gasteiger partial charge in [-0.05, 0) is 47.6 Å². The predicted molar refractivity (Wildman–Crippen MR) is 65.2 cm³/mol. The first kappa shape index (κ1) is 13.3. The van der Waals surface area contributed by atoms with E-state index in [1.165, 1.54) is 13.0 Å². The van der Waals surface area contributed by atoms with Crippen LogP contribution in [0.25, 0.3) is 0 Å². The normalized spacial score (nSPS) is 10.6. The van der Waals surface area contributed by atoms with Gasteiger partial charge in [-0.25, -0.2) is 0 Å². The Morgan fingerprint density at radius 1 is 1.50 bits per heavy atom. The zero-order valence-electron chi connectivity index (χ0n) is 8.89. The van der Waals surface area contributed by atoms with Crippen molar-refractivity contribution in [3.8, 4) is 5.75 Å². The highest BCUT2D eigenvalue weighted by atomic mass is 127. The maximum Gasteiger partial charge on any atom is 0.387 e. The van der Waals surface area contributed by atoms with Crippen molar-refractivity contribution >= 4 is 28.4 Å². The highest BCUT2D eigenvalue weighted by molar-refractivity contribution is 14.1. The zero-order valence-corrected chi connectivity index (χ0v) is 11.0. The van der Waals surface area contributed by atoms with Gasteiger partial charge in [-0.3, -0.25) is 4.79 Å². The van der Waals surface area contributed by atoms with E-state index in [4.69, 9.17) is 0 Å². The highest BCUT2D eigenvalue weighted by Gasteiger charge is 2.18. The van der Waals surface area contributed by atoms with Gasteiger partial charge < -0.3 is 4.74 Å². The molecule has 88 valence electrons. The van der Waals surface area contributed by atoms with E-state index >= 15 is 0 Å². The molecule has 0 spiro atoms. The lowest BCUT2D eigenvalue weighted by Gasteiger charge is -2.13. The summed E-state index contributed by atoms with van der Waals surface area (Å²) in [7, 11) is 0. The third kappa shape index (κ3) is 2.90. The predicted octanol–water partition coefficient (Wildman–Crippen LogP) is 3.66. The Morgan fingerprint density at radius 2 is 2.12 bits per heavy atom. The fourth-order valence-electron chi connectivity index (χ4n) is 1.35. The van der Waals surface area contributed by atoms with Crippen LogP contribution in [0, 0.1) is 3.57 Å². The van der Waals surface area contributed by atoms with Gasteiger partial charge >= 0.3 is 6.61 Å². The molecule has 0 saturated heterocycles. The van der Waals surface area contributed by atoms with Crippen LogP contribution in [0.2, 0.25) is 0 Å². The first-order valence-corrected chi connectivity index (χ1v) is 5.82. The Hall–Kier alpha value is -0.720. The molecule has 0 bridgehead atoms. The van der Waals surface area contributed by atoms with E-state index in [0.717, 1.165) is 5.56 Å². The van der Waals surface area contributed by atoms with Crippen molar-refractivity contribution in [2.75, 3.05) is 0 Å². The van der Waals surface area contributed by atoms with Crippen LogP contribution in [-0.4, -0.2) is 12.4 Å². The lowest BCUT2D eigenvalue weighted by atomic mass is 10.1. The van der Waals surface area contributed by atoms with E-state index in [2.05, 4.69) is 4.74 Å². The fraction of sp³-hybridized carbons (Fsp3) is 0.364. The van der Waals surface area contributed by atoms with E-state index in [-0.39, 0.29) is 17.1 Å². The van der Waals surface area contributed by atoms with Crippen LogP contribution >= 0.6 is 22.6 Å². The van der Waals surface area contributed by atoms with Crippen molar-refractivity contribution < 1.29 is 18.3 Å². The molecule has 0 heterocycles. The topological polar surface area (TPSA) is 26.3 Å². The number of carbonyl (C=O) groups is 1. The molecule has 2 nitrogen and oxygen atoms in total. The number of rotatable bonds is 4. The zero-order chi connectivity index (χ0) is 12.3. The Kier molecular flexibility index (Phi) is 4.64. The Morgan fingerprint density at radius 3 is 2.56 bits per heavy atom. The van der Waals surface area contributed by atoms with Gasteiger partial charge in [0.05, 0.1) is 9.13 Å². The van der Waals surface area contributed by atoms with Crippen LogP contribution in [0.4, 0.5) is 8.78 Å². The minimum absolute atomic E-state index is 0.0116. The molecule has 0 amide bonds. The number of Topliss-reactive ketones (excluding diaryl/α,β-unsaturated/α-hetero) is 1. The maximum atomic E-state index is 12.2. The molecular formula is C11H11F2IO2. The van der Waals surface area contributed by atoms with Gasteiger partial charge in [0.15, 0.2) is 5.78 Å². The van der Waals surface area contributed by atoms with Crippen molar-refractivity contribution in [2.45, 2.75) is 26.9 Å². The van der Waals surface area contributed by atoms with Crippen LogP contribution in [-0.2, 0) is 6.42 Å². The molecule has 0 fully saturated rings. The summed E-state index contributed by atoms with van der Waals surface area (Å²) in [4.78, 5) is 11.3. The van der Waals surface area contributed by atoms with Gasteiger partial charge in [0, 0.05) is 0 Å². The van der Waals surface area contributed by atoms with E-state index in [1.54, 1.807) is 6.07 Å². The lowest BCUT2D eigenvalue weighted by Crippen LogP contribution is -2.09. The summed E-state index contributed by atoms with van der Waals surface area (Å²) in [5, 5.41) is 0. The summed E-state index contributed by atoms with van der Waals surface area (Å²) in [6, 6.07) is 3.29. The molecule has 0 atom stereocenters. The summed E-state index contributed by atoms with van der Waals surface area (Å²) in [5.41, 5.74) is 1.09. The van der Waals surface area contributed by atoms with E-state index in [0.29, 0.717) is 9.99 Å². The number of carbonyl (C=O) groups excluding carboxylic acids is 1. The lowest BCUT2D eigenvalue weighted by molar-refractivity contribution is -0.0507. The molecule has 16 heavy (non-hydrogen) atoms. The molecule has 0 radical (unpaired) electrons. The van der Waals surface area contributed by atoms with Gasteiger partial charge in [0.25, 0.3) is 0 Å². The summed E-state index contributed by atoms with van der Waals surface area (Å²) < 4.78 is 29.5. The standard InChI is InChI=1S/C11H11F2IO2/c1-3-7-4-5-8(6(2)15)10(9(7)14)16-11(12)13/h4-5,11H,3H2,1-2H3. The van der Waals surface area contributed by atoms with Gasteiger partial charge in [0.1, 0.15) is 5.75 Å². The number of hydrogen-bond acceptors (Lipinski definition) is 2. The molecule has 0 saturated carbocycles. The Balaban J connectivity index is 3.30. The molecule has 1 rings (SSSR count). The number of halogens is 3. The average Bonchev–Trinajstić information content (AvgIpc) is 2.19. The monoisotopic (exact) mass is 340 g/mol. The van der Waals surface area contributed by atoms with Crippen molar-refractivity contribution in [3.63, 3.8) is 0 Å². The van der Waals surface area contributed by atoms with Crippen LogP contribution in [0.15, 0.2) is 12.1 Å². The SMILES string of the molecule is CCc1ccc(C(C)=O)c(OC(F)F)c1I. The number of alkyl halides is 2. The number of benzene rings is 1. The van der Waals surface area contributed by atoms with Crippen molar-refractivity contribution in [1.29, 1.82) is 0 Å². The molecule has 0 aliphatic rings. The third-order valence-electron chi connectivity index (χ3n) is 2.14.